The van der Waals surface area contributed by atoms with Gasteiger partial charge in [-0.05, 0) is 88.1 Å². The van der Waals surface area contributed by atoms with Crippen molar-refractivity contribution < 1.29 is 43.2 Å². The lowest BCUT2D eigenvalue weighted by Crippen LogP contribution is -2.53. The molecule has 22 heteroatoms. The fourth-order valence-electron chi connectivity index (χ4n) is 10.6. The molecule has 9 amide bonds. The normalized spacial score (nSPS) is 14.0. The summed E-state index contributed by atoms with van der Waals surface area (Å²) in [5, 5.41) is 5.89. The van der Waals surface area contributed by atoms with Crippen LogP contribution in [-0.4, -0.2) is 196 Å². The number of nitrogens with one attached hydrogen (secondary N) is 2. The molecule has 21 nitrogen and oxygen atoms in total. The van der Waals surface area contributed by atoms with Gasteiger partial charge in [0.05, 0.1) is 25.7 Å². The third-order valence-corrected chi connectivity index (χ3v) is 15.8. The Morgan fingerprint density at radius 3 is 1.56 bits per heavy atom. The van der Waals surface area contributed by atoms with Gasteiger partial charge in [0.25, 0.3) is 0 Å². The van der Waals surface area contributed by atoms with Gasteiger partial charge in [-0.2, -0.15) is 12.6 Å². The van der Waals surface area contributed by atoms with E-state index in [-0.39, 0.29) is 82.0 Å². The molecule has 2 fully saturated rings. The molecule has 2 atom stereocenters. The van der Waals surface area contributed by atoms with E-state index in [1.165, 1.54) is 30.6 Å². The zero-order valence-corrected chi connectivity index (χ0v) is 49.9. The van der Waals surface area contributed by atoms with E-state index >= 15 is 9.59 Å². The molecular weight excluding hydrogens is 1090 g/mol. The molecule has 0 spiro atoms. The van der Waals surface area contributed by atoms with Gasteiger partial charge in [-0.15, -0.1) is 6.58 Å². The zero-order chi connectivity index (χ0) is 60.8. The van der Waals surface area contributed by atoms with Gasteiger partial charge in [0.15, 0.2) is 0 Å². The van der Waals surface area contributed by atoms with Gasteiger partial charge in [-0.25, -0.2) is 0 Å². The summed E-state index contributed by atoms with van der Waals surface area (Å²) in [4.78, 5) is 137. The highest BCUT2D eigenvalue weighted by Crippen LogP contribution is 2.26. The van der Waals surface area contributed by atoms with Crippen molar-refractivity contribution in [2.24, 2.45) is 17.2 Å². The minimum Gasteiger partial charge on any atom is -0.368 e. The van der Waals surface area contributed by atoms with Crippen molar-refractivity contribution in [3.63, 3.8) is 0 Å². The predicted octanol–water partition coefficient (Wildman–Crippen LogP) is 2.99. The van der Waals surface area contributed by atoms with Crippen LogP contribution in [0.3, 0.4) is 0 Å². The van der Waals surface area contributed by atoms with Crippen molar-refractivity contribution in [2.75, 3.05) is 90.8 Å². The second-order valence-corrected chi connectivity index (χ2v) is 22.2. The second-order valence-electron chi connectivity index (χ2n) is 21.8. The average Bonchev–Trinajstić information content (AvgIpc) is 4.35. The van der Waals surface area contributed by atoms with E-state index in [2.05, 4.69) is 29.8 Å². The molecule has 458 valence electrons. The largest absolute Gasteiger partial charge is 0.368 e. The Bertz CT molecular complexity index is 2590. The van der Waals surface area contributed by atoms with Crippen LogP contribution < -0.4 is 27.8 Å². The van der Waals surface area contributed by atoms with Crippen molar-refractivity contribution in [1.82, 2.24) is 44.9 Å². The maximum atomic E-state index is 15.2. The minimum atomic E-state index is -1.07. The Labute approximate surface area is 501 Å². The van der Waals surface area contributed by atoms with E-state index in [0.29, 0.717) is 57.2 Å². The number of amides is 9. The van der Waals surface area contributed by atoms with Gasteiger partial charge < -0.3 is 62.1 Å². The molecule has 5 rings (SSSR count). The molecule has 0 radical (unpaired) electrons. The van der Waals surface area contributed by atoms with Crippen LogP contribution in [0, 0.1) is 0 Å². The van der Waals surface area contributed by atoms with E-state index in [0.717, 1.165) is 49.7 Å². The monoisotopic (exact) mass is 1180 g/mol. The number of benzene rings is 3. The SMILES string of the molecule is C=CCN(CC(=O)N(CCCCN)CC(=O)N(CCCCN)CC(=O)NC(CS)C(N)=O)C(=O)CN(C(=O)CN(Cc1ccccc1)C(=O)CN(C(=O)CN(Cc1ccccc1)C(=O)CNC1CCCC1)C1CCCC1)C(C)c1ccccc1. The van der Waals surface area contributed by atoms with E-state index in [4.69, 9.17) is 17.2 Å². The van der Waals surface area contributed by atoms with Crippen molar-refractivity contribution >= 4 is 65.8 Å². The third kappa shape index (κ3) is 22.5. The number of rotatable bonds is 37. The molecule has 3 aromatic carbocycles. The molecule has 3 aromatic rings. The topological polar surface area (TPSA) is 278 Å². The standard InChI is InChI=1S/C62H90N12O9S/c1-3-33-68(40-57(78)70(35-20-18-32-64)41-56(77)69(34-19-17-31-63)39-54(75)67-53(46-84)62(65)83)58(79)44-73(47(2)50-25-11-6-12-26-50)60(81)42-72(38-49-23-9-5-10-24-49)59(80)45-74(52-29-15-16-30-52)61(82)43-71(37-48-21-7-4-8-22-48)55(76)36-66-51-27-13-14-28-51/h3-12,21-26,47,51-53,66,84H,1,13-20,27-46,63-64H2,2H3,(H2,65,83)(H,67,75). The highest BCUT2D eigenvalue weighted by molar-refractivity contribution is 7.80. The number of hydrogen-bond acceptors (Lipinski definition) is 13. The number of nitrogens with zero attached hydrogens (tertiary/aromatic N) is 7. The first-order valence-electron chi connectivity index (χ1n) is 29.6. The van der Waals surface area contributed by atoms with Crippen LogP contribution in [-0.2, 0) is 56.2 Å². The Morgan fingerprint density at radius 1 is 0.571 bits per heavy atom. The van der Waals surface area contributed by atoms with Crippen LogP contribution in [0.25, 0.3) is 0 Å². The summed E-state index contributed by atoms with van der Waals surface area (Å²) in [6.07, 6.45) is 10.6. The van der Waals surface area contributed by atoms with E-state index in [1.807, 2.05) is 91.0 Å². The number of nitrogens with two attached hydrogens (primary N) is 3. The fourth-order valence-corrected chi connectivity index (χ4v) is 10.8. The van der Waals surface area contributed by atoms with Crippen LogP contribution in [0.5, 0.6) is 0 Å². The molecule has 2 saturated carbocycles. The van der Waals surface area contributed by atoms with Crippen LogP contribution >= 0.6 is 12.6 Å². The number of unbranched alkanes of at least 4 members (excludes halogenated alkanes) is 2. The van der Waals surface area contributed by atoms with Crippen molar-refractivity contribution in [3.05, 3.63) is 120 Å². The third-order valence-electron chi connectivity index (χ3n) is 15.5. The Kier molecular flexibility index (Phi) is 29.4. The molecule has 0 aromatic heterocycles. The summed E-state index contributed by atoms with van der Waals surface area (Å²) in [5.74, 6) is -4.93. The lowest BCUT2D eigenvalue weighted by molar-refractivity contribution is -0.150. The Morgan fingerprint density at radius 2 is 1.04 bits per heavy atom. The number of carbonyl (C=O) groups is 9. The quantitative estimate of drug-likeness (QED) is 0.0276. The van der Waals surface area contributed by atoms with Gasteiger partial charge in [-0.3, -0.25) is 43.2 Å². The summed E-state index contributed by atoms with van der Waals surface area (Å²) in [5.41, 5.74) is 19.3. The Balaban J connectivity index is 1.40. The van der Waals surface area contributed by atoms with Gasteiger partial charge in [0.1, 0.15) is 38.8 Å². The molecule has 0 aliphatic heterocycles. The maximum Gasteiger partial charge on any atom is 0.243 e. The zero-order valence-electron chi connectivity index (χ0n) is 49.0. The van der Waals surface area contributed by atoms with Gasteiger partial charge in [0.2, 0.25) is 53.2 Å². The number of carbonyl (C=O) groups excluding carboxylic acids is 9. The molecule has 84 heavy (non-hydrogen) atoms. The molecular formula is C62H90N12O9S. The molecule has 0 heterocycles. The minimum absolute atomic E-state index is 0.000452. The lowest BCUT2D eigenvalue weighted by atomic mass is 10.1. The number of thiol groups is 1. The molecule has 8 N–H and O–H groups in total. The van der Waals surface area contributed by atoms with E-state index in [1.54, 1.807) is 16.7 Å². The summed E-state index contributed by atoms with van der Waals surface area (Å²) in [6, 6.07) is 25.9. The van der Waals surface area contributed by atoms with Gasteiger partial charge >= 0.3 is 0 Å². The Hall–Kier alpha value is -7.14. The first kappa shape index (κ1) is 67.6. The van der Waals surface area contributed by atoms with Crippen molar-refractivity contribution in [2.45, 2.75) is 121 Å². The molecule has 0 bridgehead atoms. The van der Waals surface area contributed by atoms with Crippen LogP contribution in [0.15, 0.2) is 104 Å². The summed E-state index contributed by atoms with van der Waals surface area (Å²) in [6.45, 7) is 3.67. The highest BCUT2D eigenvalue weighted by atomic mass is 32.1. The van der Waals surface area contributed by atoms with Gasteiger partial charge in [0, 0.05) is 50.6 Å². The van der Waals surface area contributed by atoms with Crippen molar-refractivity contribution in [3.8, 4) is 0 Å². The van der Waals surface area contributed by atoms with E-state index < -0.39 is 86.2 Å². The van der Waals surface area contributed by atoms with Crippen molar-refractivity contribution in [1.29, 1.82) is 0 Å². The molecule has 2 unspecified atom stereocenters. The smallest absolute Gasteiger partial charge is 0.243 e. The summed E-state index contributed by atoms with van der Waals surface area (Å²) < 4.78 is 0. The van der Waals surface area contributed by atoms with Crippen LogP contribution in [0.4, 0.5) is 0 Å². The summed E-state index contributed by atoms with van der Waals surface area (Å²) in [7, 11) is 0. The predicted molar refractivity (Wildman–Crippen MR) is 326 cm³/mol. The first-order valence-corrected chi connectivity index (χ1v) is 30.2. The molecule has 2 aliphatic carbocycles. The maximum absolute atomic E-state index is 15.2. The molecule has 2 aliphatic rings. The van der Waals surface area contributed by atoms with Crippen LogP contribution in [0.1, 0.15) is 107 Å². The second kappa shape index (κ2) is 36.5. The summed E-state index contributed by atoms with van der Waals surface area (Å²) >= 11 is 4.10. The fraction of sp³-hybridized carbons (Fsp3) is 0.532. The lowest BCUT2D eigenvalue weighted by Gasteiger charge is -2.35. The van der Waals surface area contributed by atoms with E-state index in [9.17, 15) is 33.6 Å². The van der Waals surface area contributed by atoms with Crippen LogP contribution in [0.2, 0.25) is 0 Å². The first-order chi connectivity index (χ1) is 40.5. The molecule has 0 saturated heterocycles. The number of primary amides is 1. The average molecular weight is 1180 g/mol. The highest BCUT2D eigenvalue weighted by Gasteiger charge is 2.35. The van der Waals surface area contributed by atoms with Gasteiger partial charge in [-0.1, -0.05) is 123 Å². The number of hydrogen-bond donors (Lipinski definition) is 6.